The minimum absolute atomic E-state index is 0.168. The molecule has 94 valence electrons. The summed E-state index contributed by atoms with van der Waals surface area (Å²) >= 11 is 1.09. The van der Waals surface area contributed by atoms with E-state index in [0.29, 0.717) is 10.8 Å². The Bertz CT molecular complexity index is 605. The van der Waals surface area contributed by atoms with Crippen LogP contribution in [0.2, 0.25) is 0 Å². The molecule has 0 saturated heterocycles. The van der Waals surface area contributed by atoms with Crippen LogP contribution in [-0.4, -0.2) is 11.0 Å². The van der Waals surface area contributed by atoms with Gasteiger partial charge in [-0.25, -0.2) is 4.98 Å². The number of nitrogens with zero attached hydrogens (tertiary/aromatic N) is 1. The average molecular weight is 261 g/mol. The SMILES string of the molecule is Cc1ccc(Nc2nc(C)c(C(=O)[O-])s2)cc1C. The average Bonchev–Trinajstić information content (AvgIpc) is 2.65. The fraction of sp³-hybridized carbons (Fsp3) is 0.231. The van der Waals surface area contributed by atoms with E-state index < -0.39 is 5.97 Å². The summed E-state index contributed by atoms with van der Waals surface area (Å²) in [7, 11) is 0. The third kappa shape index (κ3) is 2.51. The Labute approximate surface area is 109 Å². The number of carboxylic acid groups (broad SMARTS) is 1. The monoisotopic (exact) mass is 261 g/mol. The molecular formula is C13H13N2O2S-. The number of carbonyl (C=O) groups is 1. The summed E-state index contributed by atoms with van der Waals surface area (Å²) in [6, 6.07) is 5.96. The van der Waals surface area contributed by atoms with Crippen LogP contribution in [0.15, 0.2) is 18.2 Å². The number of hydrogen-bond donors (Lipinski definition) is 1. The first-order valence-electron chi connectivity index (χ1n) is 5.50. The van der Waals surface area contributed by atoms with E-state index in [0.717, 1.165) is 17.0 Å². The minimum atomic E-state index is -1.18. The molecule has 0 aliphatic rings. The van der Waals surface area contributed by atoms with E-state index in [2.05, 4.69) is 10.3 Å². The van der Waals surface area contributed by atoms with Crippen LogP contribution in [0.5, 0.6) is 0 Å². The number of anilines is 2. The minimum Gasteiger partial charge on any atom is -0.544 e. The molecule has 18 heavy (non-hydrogen) atoms. The lowest BCUT2D eigenvalue weighted by atomic mass is 10.1. The zero-order valence-corrected chi connectivity index (χ0v) is 11.2. The number of aromatic carboxylic acids is 1. The molecule has 1 aromatic carbocycles. The van der Waals surface area contributed by atoms with Gasteiger partial charge in [-0.15, -0.1) is 0 Å². The number of rotatable bonds is 3. The van der Waals surface area contributed by atoms with E-state index in [9.17, 15) is 9.90 Å². The zero-order valence-electron chi connectivity index (χ0n) is 10.4. The quantitative estimate of drug-likeness (QED) is 0.919. The van der Waals surface area contributed by atoms with Crippen molar-refractivity contribution in [2.24, 2.45) is 0 Å². The molecule has 4 nitrogen and oxygen atoms in total. The first-order valence-corrected chi connectivity index (χ1v) is 6.32. The van der Waals surface area contributed by atoms with Gasteiger partial charge in [0.25, 0.3) is 0 Å². The van der Waals surface area contributed by atoms with Crippen LogP contribution in [0.4, 0.5) is 10.8 Å². The Hall–Kier alpha value is -1.88. The second kappa shape index (κ2) is 4.78. The number of aryl methyl sites for hydroxylation is 3. The fourth-order valence-electron chi connectivity index (χ4n) is 1.58. The molecule has 1 aromatic heterocycles. The third-order valence-electron chi connectivity index (χ3n) is 2.74. The van der Waals surface area contributed by atoms with E-state index in [4.69, 9.17) is 0 Å². The van der Waals surface area contributed by atoms with Crippen LogP contribution in [0.3, 0.4) is 0 Å². The summed E-state index contributed by atoms with van der Waals surface area (Å²) in [5, 5.41) is 14.5. The molecule has 1 N–H and O–H groups in total. The highest BCUT2D eigenvalue weighted by Crippen LogP contribution is 2.26. The largest absolute Gasteiger partial charge is 0.544 e. The molecule has 0 fully saturated rings. The molecule has 0 amide bonds. The van der Waals surface area contributed by atoms with Gasteiger partial charge in [-0.05, 0) is 44.0 Å². The molecule has 2 rings (SSSR count). The summed E-state index contributed by atoms with van der Waals surface area (Å²) in [6.45, 7) is 5.73. The summed E-state index contributed by atoms with van der Waals surface area (Å²) < 4.78 is 0. The molecule has 0 aliphatic carbocycles. The predicted molar refractivity (Wildman–Crippen MR) is 70.4 cm³/mol. The molecule has 1 heterocycles. The maximum Gasteiger partial charge on any atom is 0.188 e. The van der Waals surface area contributed by atoms with Crippen LogP contribution >= 0.6 is 11.3 Å². The van der Waals surface area contributed by atoms with Gasteiger partial charge < -0.3 is 15.2 Å². The van der Waals surface area contributed by atoms with Crippen molar-refractivity contribution in [3.05, 3.63) is 39.9 Å². The van der Waals surface area contributed by atoms with Crippen LogP contribution in [0.1, 0.15) is 26.5 Å². The molecule has 0 unspecified atom stereocenters. The maximum atomic E-state index is 10.8. The molecule has 5 heteroatoms. The number of aromatic nitrogens is 1. The van der Waals surface area contributed by atoms with E-state index in [1.807, 2.05) is 32.0 Å². The molecule has 0 atom stereocenters. The van der Waals surface area contributed by atoms with Crippen LogP contribution < -0.4 is 10.4 Å². The van der Waals surface area contributed by atoms with Gasteiger partial charge in [-0.1, -0.05) is 17.4 Å². The van der Waals surface area contributed by atoms with Crippen molar-refractivity contribution in [3.63, 3.8) is 0 Å². The van der Waals surface area contributed by atoms with Crippen LogP contribution in [0, 0.1) is 20.8 Å². The standard InChI is InChI=1S/C13H14N2O2S/c1-7-4-5-10(6-8(7)2)15-13-14-9(3)11(18-13)12(16)17/h4-6H,1-3H3,(H,14,15)(H,16,17)/p-1. The second-order valence-electron chi connectivity index (χ2n) is 4.15. The lowest BCUT2D eigenvalue weighted by molar-refractivity contribution is -0.254. The van der Waals surface area contributed by atoms with Gasteiger partial charge in [-0.3, -0.25) is 0 Å². The summed E-state index contributed by atoms with van der Waals surface area (Å²) in [4.78, 5) is 15.2. The lowest BCUT2D eigenvalue weighted by Crippen LogP contribution is -2.21. The van der Waals surface area contributed by atoms with Crippen molar-refractivity contribution in [1.82, 2.24) is 4.98 Å². The Morgan fingerprint density at radius 2 is 2.00 bits per heavy atom. The summed E-state index contributed by atoms with van der Waals surface area (Å²) in [6.07, 6.45) is 0. The van der Waals surface area contributed by atoms with E-state index >= 15 is 0 Å². The van der Waals surface area contributed by atoms with Crippen molar-refractivity contribution >= 4 is 28.1 Å². The normalized spacial score (nSPS) is 10.4. The Kier molecular flexibility index (Phi) is 3.34. The first-order chi connectivity index (χ1) is 8.47. The second-order valence-corrected chi connectivity index (χ2v) is 5.14. The van der Waals surface area contributed by atoms with Crippen LogP contribution in [0.25, 0.3) is 0 Å². The van der Waals surface area contributed by atoms with Gasteiger partial charge in [0.05, 0.1) is 16.5 Å². The van der Waals surface area contributed by atoms with Crippen LogP contribution in [-0.2, 0) is 0 Å². The molecule has 2 aromatic rings. The molecule has 0 aliphatic heterocycles. The Morgan fingerprint density at radius 3 is 2.56 bits per heavy atom. The van der Waals surface area contributed by atoms with E-state index in [1.165, 1.54) is 11.1 Å². The van der Waals surface area contributed by atoms with Crippen molar-refractivity contribution in [2.45, 2.75) is 20.8 Å². The highest BCUT2D eigenvalue weighted by molar-refractivity contribution is 7.17. The third-order valence-corrected chi connectivity index (χ3v) is 3.79. The lowest BCUT2D eigenvalue weighted by Gasteiger charge is -2.05. The maximum absolute atomic E-state index is 10.8. The molecule has 0 saturated carbocycles. The summed E-state index contributed by atoms with van der Waals surface area (Å²) in [5.41, 5.74) is 3.77. The fourth-order valence-corrected chi connectivity index (χ4v) is 2.40. The number of carboxylic acids is 1. The van der Waals surface area contributed by atoms with Gasteiger partial charge >= 0.3 is 0 Å². The van der Waals surface area contributed by atoms with Crippen molar-refractivity contribution in [2.75, 3.05) is 5.32 Å². The van der Waals surface area contributed by atoms with Gasteiger partial charge in [0.15, 0.2) is 5.13 Å². The Balaban J connectivity index is 2.26. The number of benzene rings is 1. The van der Waals surface area contributed by atoms with Gasteiger partial charge in [-0.2, -0.15) is 0 Å². The molecule has 0 radical (unpaired) electrons. The van der Waals surface area contributed by atoms with Gasteiger partial charge in [0.1, 0.15) is 0 Å². The number of thiazole rings is 1. The summed E-state index contributed by atoms with van der Waals surface area (Å²) in [5.74, 6) is -1.18. The predicted octanol–water partition coefficient (Wildman–Crippen LogP) is 2.18. The van der Waals surface area contributed by atoms with Crippen molar-refractivity contribution < 1.29 is 9.90 Å². The number of hydrogen-bond acceptors (Lipinski definition) is 5. The smallest absolute Gasteiger partial charge is 0.188 e. The van der Waals surface area contributed by atoms with Crippen molar-refractivity contribution in [3.8, 4) is 0 Å². The van der Waals surface area contributed by atoms with Crippen molar-refractivity contribution in [1.29, 1.82) is 0 Å². The topological polar surface area (TPSA) is 65.0 Å². The highest BCUT2D eigenvalue weighted by Gasteiger charge is 2.08. The number of nitrogens with one attached hydrogen (secondary N) is 1. The van der Waals surface area contributed by atoms with E-state index in [-0.39, 0.29) is 4.88 Å². The zero-order chi connectivity index (χ0) is 13.3. The molecule has 0 bridgehead atoms. The highest BCUT2D eigenvalue weighted by atomic mass is 32.1. The van der Waals surface area contributed by atoms with E-state index in [1.54, 1.807) is 6.92 Å². The molecular weight excluding hydrogens is 248 g/mol. The first kappa shape index (κ1) is 12.6. The van der Waals surface area contributed by atoms with Gasteiger partial charge in [0.2, 0.25) is 0 Å². The van der Waals surface area contributed by atoms with Gasteiger partial charge in [0, 0.05) is 5.69 Å². The molecule has 0 spiro atoms. The number of carbonyl (C=O) groups excluding carboxylic acids is 1. The Morgan fingerprint density at radius 1 is 1.28 bits per heavy atom.